The van der Waals surface area contributed by atoms with Crippen molar-refractivity contribution in [2.45, 2.75) is 13.5 Å². The molecule has 6 nitrogen and oxygen atoms in total. The highest BCUT2D eigenvalue weighted by Crippen LogP contribution is 2.15. The van der Waals surface area contributed by atoms with Crippen molar-refractivity contribution in [1.29, 1.82) is 5.26 Å². The number of nitrogens with one attached hydrogen (secondary N) is 2. The lowest BCUT2D eigenvalue weighted by molar-refractivity contribution is 0.102. The van der Waals surface area contributed by atoms with E-state index in [1.807, 2.05) is 24.3 Å². The van der Waals surface area contributed by atoms with Crippen LogP contribution in [-0.2, 0) is 6.54 Å². The van der Waals surface area contributed by atoms with Gasteiger partial charge in [0, 0.05) is 6.54 Å². The number of hydrogen-bond donors (Lipinski definition) is 2. The number of benzene rings is 2. The van der Waals surface area contributed by atoms with Gasteiger partial charge in [-0.05, 0) is 42.3 Å². The van der Waals surface area contributed by atoms with Crippen LogP contribution in [0.3, 0.4) is 0 Å². The summed E-state index contributed by atoms with van der Waals surface area (Å²) < 4.78 is 0. The van der Waals surface area contributed by atoms with E-state index in [0.717, 1.165) is 0 Å². The molecule has 0 aliphatic heterocycles. The molecule has 26 heavy (non-hydrogen) atoms. The molecule has 0 spiro atoms. The zero-order valence-corrected chi connectivity index (χ0v) is 14.2. The molecule has 0 aliphatic rings. The van der Waals surface area contributed by atoms with E-state index >= 15 is 0 Å². The number of carbonyl (C=O) groups is 1. The Morgan fingerprint density at radius 3 is 2.54 bits per heavy atom. The molecule has 128 valence electrons. The monoisotopic (exact) mass is 343 g/mol. The van der Waals surface area contributed by atoms with E-state index in [1.165, 1.54) is 11.1 Å². The van der Waals surface area contributed by atoms with Gasteiger partial charge in [-0.1, -0.05) is 36.4 Å². The largest absolute Gasteiger partial charge is 0.364 e. The van der Waals surface area contributed by atoms with Crippen LogP contribution in [0.4, 0.5) is 11.5 Å². The standard InChI is InChI=1S/C20H17N5O/c1-14-6-2-3-8-16(14)13-22-19-11-10-18(24-25-19)20(26)23-17-9-5-4-7-15(17)12-21/h2-11H,13H2,1H3,(H,22,25)(H,23,26). The third-order valence-corrected chi connectivity index (χ3v) is 3.91. The molecule has 0 fully saturated rings. The minimum atomic E-state index is -0.411. The van der Waals surface area contributed by atoms with Crippen LogP contribution in [0.5, 0.6) is 0 Å². The van der Waals surface area contributed by atoms with E-state index < -0.39 is 5.91 Å². The van der Waals surface area contributed by atoms with E-state index in [0.29, 0.717) is 23.6 Å². The Kier molecular flexibility index (Phi) is 5.20. The van der Waals surface area contributed by atoms with Crippen molar-refractivity contribution in [3.05, 3.63) is 83.0 Å². The molecule has 0 unspecified atom stereocenters. The first-order valence-electron chi connectivity index (χ1n) is 8.10. The van der Waals surface area contributed by atoms with Crippen LogP contribution in [0.1, 0.15) is 27.2 Å². The average Bonchev–Trinajstić information content (AvgIpc) is 2.68. The van der Waals surface area contributed by atoms with Gasteiger partial charge in [0.15, 0.2) is 5.69 Å². The van der Waals surface area contributed by atoms with Crippen LogP contribution >= 0.6 is 0 Å². The molecule has 0 aliphatic carbocycles. The van der Waals surface area contributed by atoms with Crippen molar-refractivity contribution in [3.8, 4) is 6.07 Å². The SMILES string of the molecule is Cc1ccccc1CNc1ccc(C(=O)Nc2ccccc2C#N)nn1. The van der Waals surface area contributed by atoms with E-state index in [2.05, 4.69) is 33.8 Å². The van der Waals surface area contributed by atoms with Crippen LogP contribution in [0.15, 0.2) is 60.7 Å². The maximum Gasteiger partial charge on any atom is 0.276 e. The molecule has 1 aromatic heterocycles. The average molecular weight is 343 g/mol. The van der Waals surface area contributed by atoms with Gasteiger partial charge in [-0.2, -0.15) is 5.26 Å². The number of amides is 1. The maximum absolute atomic E-state index is 12.3. The Morgan fingerprint density at radius 2 is 1.81 bits per heavy atom. The fourth-order valence-corrected chi connectivity index (χ4v) is 2.42. The Morgan fingerprint density at radius 1 is 1.04 bits per heavy atom. The summed E-state index contributed by atoms with van der Waals surface area (Å²) in [4.78, 5) is 12.3. The Labute approximate surface area is 151 Å². The molecular formula is C20H17N5O. The molecule has 1 amide bonds. The molecule has 3 rings (SSSR count). The lowest BCUT2D eigenvalue weighted by atomic mass is 10.1. The highest BCUT2D eigenvalue weighted by molar-refractivity contribution is 6.03. The van der Waals surface area contributed by atoms with Crippen LogP contribution < -0.4 is 10.6 Å². The lowest BCUT2D eigenvalue weighted by Crippen LogP contribution is -2.15. The lowest BCUT2D eigenvalue weighted by Gasteiger charge is -2.09. The van der Waals surface area contributed by atoms with Gasteiger partial charge in [-0.3, -0.25) is 4.79 Å². The number of nitriles is 1. The zero-order chi connectivity index (χ0) is 18.4. The van der Waals surface area contributed by atoms with Crippen molar-refractivity contribution in [3.63, 3.8) is 0 Å². The summed E-state index contributed by atoms with van der Waals surface area (Å²) in [5.74, 6) is 0.174. The van der Waals surface area contributed by atoms with E-state index in [1.54, 1.807) is 36.4 Å². The van der Waals surface area contributed by atoms with Crippen molar-refractivity contribution in [2.75, 3.05) is 10.6 Å². The molecule has 0 saturated heterocycles. The van der Waals surface area contributed by atoms with Gasteiger partial charge in [-0.15, -0.1) is 10.2 Å². The van der Waals surface area contributed by atoms with Crippen molar-refractivity contribution < 1.29 is 4.79 Å². The summed E-state index contributed by atoms with van der Waals surface area (Å²) in [6, 6.07) is 20.2. The molecule has 0 saturated carbocycles. The number of hydrogen-bond acceptors (Lipinski definition) is 5. The van der Waals surface area contributed by atoms with Crippen molar-refractivity contribution >= 4 is 17.4 Å². The summed E-state index contributed by atoms with van der Waals surface area (Å²) in [5, 5.41) is 22.9. The molecule has 0 radical (unpaired) electrons. The minimum absolute atomic E-state index is 0.180. The van der Waals surface area contributed by atoms with Crippen LogP contribution in [0, 0.1) is 18.3 Å². The summed E-state index contributed by atoms with van der Waals surface area (Å²) >= 11 is 0. The van der Waals surface area contributed by atoms with Gasteiger partial charge in [-0.25, -0.2) is 0 Å². The van der Waals surface area contributed by atoms with Crippen LogP contribution in [0.2, 0.25) is 0 Å². The first-order chi connectivity index (χ1) is 12.7. The van der Waals surface area contributed by atoms with Gasteiger partial charge >= 0.3 is 0 Å². The first-order valence-corrected chi connectivity index (χ1v) is 8.10. The predicted molar refractivity (Wildman–Crippen MR) is 99.6 cm³/mol. The molecule has 3 aromatic rings. The molecule has 0 bridgehead atoms. The van der Waals surface area contributed by atoms with Crippen LogP contribution in [0.25, 0.3) is 0 Å². The molecular weight excluding hydrogens is 326 g/mol. The maximum atomic E-state index is 12.3. The summed E-state index contributed by atoms with van der Waals surface area (Å²) in [5.41, 5.74) is 3.39. The van der Waals surface area contributed by atoms with Crippen molar-refractivity contribution in [2.24, 2.45) is 0 Å². The second-order valence-corrected chi connectivity index (χ2v) is 5.70. The van der Waals surface area contributed by atoms with Crippen LogP contribution in [-0.4, -0.2) is 16.1 Å². The molecule has 1 heterocycles. The van der Waals surface area contributed by atoms with Gasteiger partial charge in [0.05, 0.1) is 11.3 Å². The van der Waals surface area contributed by atoms with E-state index in [-0.39, 0.29) is 5.69 Å². The van der Waals surface area contributed by atoms with Gasteiger partial charge in [0.2, 0.25) is 0 Å². The summed E-state index contributed by atoms with van der Waals surface area (Å²) in [6.07, 6.45) is 0. The predicted octanol–water partition coefficient (Wildman–Crippen LogP) is 3.52. The molecule has 0 atom stereocenters. The number of anilines is 2. The number of carbonyl (C=O) groups excluding carboxylic acids is 1. The van der Waals surface area contributed by atoms with Gasteiger partial charge in [0.25, 0.3) is 5.91 Å². The minimum Gasteiger partial charge on any atom is -0.364 e. The molecule has 6 heteroatoms. The number of aromatic nitrogens is 2. The Hall–Kier alpha value is -3.72. The fraction of sp³-hybridized carbons (Fsp3) is 0.100. The Balaban J connectivity index is 1.65. The Bertz CT molecular complexity index is 960. The smallest absolute Gasteiger partial charge is 0.276 e. The highest BCUT2D eigenvalue weighted by Gasteiger charge is 2.11. The van der Waals surface area contributed by atoms with Gasteiger partial charge in [0.1, 0.15) is 11.9 Å². The second-order valence-electron chi connectivity index (χ2n) is 5.70. The number of nitrogens with zero attached hydrogens (tertiary/aromatic N) is 3. The normalized spacial score (nSPS) is 10.0. The number of rotatable bonds is 5. The third kappa shape index (κ3) is 4.02. The molecule has 2 aromatic carbocycles. The van der Waals surface area contributed by atoms with Gasteiger partial charge < -0.3 is 10.6 Å². The topological polar surface area (TPSA) is 90.7 Å². The van der Waals surface area contributed by atoms with E-state index in [4.69, 9.17) is 5.26 Å². The van der Waals surface area contributed by atoms with E-state index in [9.17, 15) is 4.79 Å². The third-order valence-electron chi connectivity index (χ3n) is 3.91. The fourth-order valence-electron chi connectivity index (χ4n) is 2.42. The second kappa shape index (κ2) is 7.90. The zero-order valence-electron chi connectivity index (χ0n) is 14.2. The quantitative estimate of drug-likeness (QED) is 0.739. The number of aryl methyl sites for hydroxylation is 1. The number of para-hydroxylation sites is 1. The molecule has 2 N–H and O–H groups in total. The summed E-state index contributed by atoms with van der Waals surface area (Å²) in [6.45, 7) is 2.68. The first kappa shape index (κ1) is 17.1. The highest BCUT2D eigenvalue weighted by atomic mass is 16.1. The summed E-state index contributed by atoms with van der Waals surface area (Å²) in [7, 11) is 0. The van der Waals surface area contributed by atoms with Crippen molar-refractivity contribution in [1.82, 2.24) is 10.2 Å².